The lowest BCUT2D eigenvalue weighted by atomic mass is 10.1. The molecule has 0 aromatic carbocycles. The van der Waals surface area contributed by atoms with E-state index >= 15 is 0 Å². The predicted molar refractivity (Wildman–Crippen MR) is 77.5 cm³/mol. The van der Waals surface area contributed by atoms with E-state index in [0.717, 1.165) is 32.1 Å². The molecular weight excluding hydrogens is 224 g/mol. The Bertz CT molecular complexity index is 283. The molecule has 0 rings (SSSR count). The number of unbranched alkanes of at least 4 members (excludes halogenated alkanes) is 2. The molecule has 0 aliphatic rings. The highest BCUT2D eigenvalue weighted by molar-refractivity contribution is 5.69. The van der Waals surface area contributed by atoms with Crippen LogP contribution in [0.1, 0.15) is 66.2 Å². The number of hydrogen-bond donors (Lipinski definition) is 0. The van der Waals surface area contributed by atoms with E-state index in [1.807, 2.05) is 6.08 Å². The van der Waals surface area contributed by atoms with Crippen LogP contribution in [0.4, 0.5) is 0 Å². The van der Waals surface area contributed by atoms with Gasteiger partial charge < -0.3 is 4.74 Å². The largest absolute Gasteiger partial charge is 0.461 e. The highest BCUT2D eigenvalue weighted by atomic mass is 16.5. The van der Waals surface area contributed by atoms with Crippen LogP contribution < -0.4 is 0 Å². The Morgan fingerprint density at radius 2 is 1.78 bits per heavy atom. The zero-order chi connectivity index (χ0) is 13.8. The summed E-state index contributed by atoms with van der Waals surface area (Å²) in [5.74, 6) is -0.0724. The summed E-state index contributed by atoms with van der Waals surface area (Å²) in [6.07, 6.45) is 10.1. The number of rotatable bonds is 9. The van der Waals surface area contributed by atoms with Crippen molar-refractivity contribution < 1.29 is 9.53 Å². The lowest BCUT2D eigenvalue weighted by Crippen LogP contribution is -2.04. The maximum Gasteiger partial charge on any atom is 0.306 e. The summed E-state index contributed by atoms with van der Waals surface area (Å²) in [6.45, 7) is 8.85. The van der Waals surface area contributed by atoms with E-state index in [1.54, 1.807) is 0 Å². The number of ether oxygens (including phenoxy) is 1. The molecule has 0 fully saturated rings. The Morgan fingerprint density at radius 3 is 2.39 bits per heavy atom. The van der Waals surface area contributed by atoms with Gasteiger partial charge in [0.2, 0.25) is 0 Å². The van der Waals surface area contributed by atoms with Crippen LogP contribution in [0.15, 0.2) is 23.3 Å². The summed E-state index contributed by atoms with van der Waals surface area (Å²) in [5.41, 5.74) is 2.64. The monoisotopic (exact) mass is 252 g/mol. The number of carbonyl (C=O) groups is 1. The minimum atomic E-state index is -0.0724. The molecule has 0 N–H and O–H groups in total. The Kier molecular flexibility index (Phi) is 10.4. The average molecular weight is 252 g/mol. The lowest BCUT2D eigenvalue weighted by molar-refractivity contribution is -0.142. The summed E-state index contributed by atoms with van der Waals surface area (Å²) >= 11 is 0. The molecule has 0 spiro atoms. The summed E-state index contributed by atoms with van der Waals surface area (Å²) in [7, 11) is 0. The highest BCUT2D eigenvalue weighted by Gasteiger charge is 2.00. The Morgan fingerprint density at radius 1 is 1.06 bits per heavy atom. The molecule has 0 bridgehead atoms. The second-order valence-corrected chi connectivity index (χ2v) is 5.01. The Labute approximate surface area is 112 Å². The number of allylic oxidation sites excluding steroid dienone is 3. The minimum Gasteiger partial charge on any atom is -0.461 e. The molecular formula is C16H28O2. The van der Waals surface area contributed by atoms with E-state index in [1.165, 1.54) is 11.1 Å². The van der Waals surface area contributed by atoms with Crippen molar-refractivity contribution in [1.82, 2.24) is 0 Å². The summed E-state index contributed by atoms with van der Waals surface area (Å²) in [5, 5.41) is 0. The van der Waals surface area contributed by atoms with Crippen LogP contribution in [0.3, 0.4) is 0 Å². The zero-order valence-electron chi connectivity index (χ0n) is 12.4. The maximum absolute atomic E-state index is 11.3. The van der Waals surface area contributed by atoms with Gasteiger partial charge in [-0.2, -0.15) is 0 Å². The van der Waals surface area contributed by atoms with Crippen molar-refractivity contribution in [2.45, 2.75) is 66.2 Å². The molecule has 104 valence electrons. The first-order chi connectivity index (χ1) is 8.56. The van der Waals surface area contributed by atoms with Gasteiger partial charge in [0.15, 0.2) is 0 Å². The molecule has 0 amide bonds. The van der Waals surface area contributed by atoms with Gasteiger partial charge in [-0.15, -0.1) is 0 Å². The summed E-state index contributed by atoms with van der Waals surface area (Å²) < 4.78 is 5.16. The van der Waals surface area contributed by atoms with E-state index in [4.69, 9.17) is 4.74 Å². The van der Waals surface area contributed by atoms with Crippen molar-refractivity contribution in [3.05, 3.63) is 23.3 Å². The molecule has 2 heteroatoms. The third-order valence-electron chi connectivity index (χ3n) is 2.75. The number of esters is 1. The van der Waals surface area contributed by atoms with Crippen molar-refractivity contribution in [3.8, 4) is 0 Å². The van der Waals surface area contributed by atoms with Crippen LogP contribution in [0.5, 0.6) is 0 Å². The second kappa shape index (κ2) is 11.1. The van der Waals surface area contributed by atoms with Crippen molar-refractivity contribution in [3.63, 3.8) is 0 Å². The van der Waals surface area contributed by atoms with E-state index in [9.17, 15) is 4.79 Å². The van der Waals surface area contributed by atoms with Crippen LogP contribution in [0.25, 0.3) is 0 Å². The van der Waals surface area contributed by atoms with Gasteiger partial charge >= 0.3 is 5.97 Å². The van der Waals surface area contributed by atoms with Gasteiger partial charge in [0.05, 0.1) is 0 Å². The Balaban J connectivity index is 3.66. The maximum atomic E-state index is 11.3. The molecule has 18 heavy (non-hydrogen) atoms. The second-order valence-electron chi connectivity index (χ2n) is 5.01. The van der Waals surface area contributed by atoms with E-state index in [0.29, 0.717) is 13.0 Å². The van der Waals surface area contributed by atoms with Gasteiger partial charge in [-0.25, -0.2) is 0 Å². The minimum absolute atomic E-state index is 0.0724. The van der Waals surface area contributed by atoms with Crippen molar-refractivity contribution in [2.75, 3.05) is 6.61 Å². The molecule has 0 saturated heterocycles. The first-order valence-corrected chi connectivity index (χ1v) is 7.00. The number of hydrogen-bond acceptors (Lipinski definition) is 2. The molecule has 0 heterocycles. The zero-order valence-corrected chi connectivity index (χ0v) is 12.4. The normalized spacial score (nSPS) is 11.2. The fourth-order valence-electron chi connectivity index (χ4n) is 1.56. The van der Waals surface area contributed by atoms with Crippen molar-refractivity contribution >= 4 is 5.97 Å². The third kappa shape index (κ3) is 11.4. The molecule has 0 saturated carbocycles. The van der Waals surface area contributed by atoms with Crippen LogP contribution in [0, 0.1) is 0 Å². The standard InChI is InChI=1S/C16H28O2/c1-5-6-7-11-16(17)18-13-12-15(4)10-8-9-14(2)3/h9,12H,5-8,10-11,13H2,1-4H3/b15-12+. The van der Waals surface area contributed by atoms with Crippen LogP contribution >= 0.6 is 0 Å². The van der Waals surface area contributed by atoms with Gasteiger partial charge in [-0.05, 0) is 46.1 Å². The molecule has 0 unspecified atom stereocenters. The molecule has 0 aliphatic heterocycles. The van der Waals surface area contributed by atoms with Gasteiger partial charge in [-0.3, -0.25) is 4.79 Å². The molecule has 0 radical (unpaired) electrons. The van der Waals surface area contributed by atoms with E-state index in [-0.39, 0.29) is 5.97 Å². The quantitative estimate of drug-likeness (QED) is 0.334. The lowest BCUT2D eigenvalue weighted by Gasteiger charge is -2.03. The molecule has 0 aromatic heterocycles. The summed E-state index contributed by atoms with van der Waals surface area (Å²) in [6, 6.07) is 0. The molecule has 0 atom stereocenters. The molecule has 0 aromatic rings. The van der Waals surface area contributed by atoms with Gasteiger partial charge in [0.25, 0.3) is 0 Å². The molecule has 2 nitrogen and oxygen atoms in total. The van der Waals surface area contributed by atoms with E-state index in [2.05, 4.69) is 33.8 Å². The van der Waals surface area contributed by atoms with Crippen molar-refractivity contribution in [1.29, 1.82) is 0 Å². The fourth-order valence-corrected chi connectivity index (χ4v) is 1.56. The van der Waals surface area contributed by atoms with Crippen molar-refractivity contribution in [2.24, 2.45) is 0 Å². The van der Waals surface area contributed by atoms with E-state index < -0.39 is 0 Å². The smallest absolute Gasteiger partial charge is 0.306 e. The van der Waals surface area contributed by atoms with Gasteiger partial charge in [-0.1, -0.05) is 37.0 Å². The topological polar surface area (TPSA) is 26.3 Å². The first-order valence-electron chi connectivity index (χ1n) is 7.00. The Hall–Kier alpha value is -1.05. The average Bonchev–Trinajstić information content (AvgIpc) is 2.29. The first kappa shape index (κ1) is 16.9. The summed E-state index contributed by atoms with van der Waals surface area (Å²) in [4.78, 5) is 11.3. The predicted octanol–water partition coefficient (Wildman–Crippen LogP) is 4.80. The van der Waals surface area contributed by atoms with Gasteiger partial charge in [0.1, 0.15) is 6.61 Å². The third-order valence-corrected chi connectivity index (χ3v) is 2.75. The van der Waals surface area contributed by atoms with Crippen LogP contribution in [-0.4, -0.2) is 12.6 Å². The fraction of sp³-hybridized carbons (Fsp3) is 0.688. The van der Waals surface area contributed by atoms with Crippen LogP contribution in [0.2, 0.25) is 0 Å². The highest BCUT2D eigenvalue weighted by Crippen LogP contribution is 2.07. The molecule has 0 aliphatic carbocycles. The SMILES string of the molecule is CCCCCC(=O)OC/C=C(\C)CCC=C(C)C. The van der Waals surface area contributed by atoms with Crippen LogP contribution in [-0.2, 0) is 9.53 Å². The number of carbonyl (C=O) groups excluding carboxylic acids is 1. The van der Waals surface area contributed by atoms with Gasteiger partial charge in [0, 0.05) is 6.42 Å².